The number of ether oxygens (including phenoxy) is 1. The number of benzene rings is 2. The number of aromatic nitrogens is 2. The molecular weight excluding hydrogens is 382 g/mol. The molecule has 1 aromatic heterocycles. The molecule has 1 N–H and O–H groups in total. The van der Waals surface area contributed by atoms with Crippen LogP contribution in [0.25, 0.3) is 11.0 Å². The highest BCUT2D eigenvalue weighted by Gasteiger charge is 2.27. The maximum absolute atomic E-state index is 11.8. The maximum Gasteiger partial charge on any atom is 0.209 e. The van der Waals surface area contributed by atoms with E-state index in [4.69, 9.17) is 4.74 Å². The molecular formula is C19H17N3O3S2. The zero-order valence-electron chi connectivity index (χ0n) is 14.5. The first-order valence-corrected chi connectivity index (χ1v) is 11.4. The van der Waals surface area contributed by atoms with Crippen LogP contribution in [0.4, 0.5) is 5.95 Å². The standard InChI is InChI=1S/C19H17N3O3S2/c1-27(23,24)14-3-4-15-16(11-14)21-19(20-15)22-7-9-26-18(22)13-2-5-17-12(10-13)6-8-25-17/h2-5,7,9-11,18H,6,8H2,1H3,(H,20,21). The smallest absolute Gasteiger partial charge is 0.209 e. The molecule has 0 bridgehead atoms. The highest BCUT2D eigenvalue weighted by Crippen LogP contribution is 2.42. The minimum Gasteiger partial charge on any atom is -0.493 e. The summed E-state index contributed by atoms with van der Waals surface area (Å²) >= 11 is 1.71. The predicted molar refractivity (Wildman–Crippen MR) is 107 cm³/mol. The third-order valence-corrected chi connectivity index (χ3v) is 6.94. The van der Waals surface area contributed by atoms with Gasteiger partial charge in [0, 0.05) is 18.9 Å². The molecule has 3 aromatic rings. The number of aromatic amines is 1. The largest absolute Gasteiger partial charge is 0.493 e. The fourth-order valence-electron chi connectivity index (χ4n) is 3.43. The Kier molecular flexibility index (Phi) is 3.73. The molecule has 5 rings (SSSR count). The number of anilines is 1. The molecule has 0 saturated heterocycles. The predicted octanol–water partition coefficient (Wildman–Crippen LogP) is 3.62. The Balaban J connectivity index is 1.52. The van der Waals surface area contributed by atoms with E-state index in [2.05, 4.69) is 27.0 Å². The van der Waals surface area contributed by atoms with Crippen LogP contribution in [0.5, 0.6) is 5.75 Å². The molecule has 1 atom stereocenters. The van der Waals surface area contributed by atoms with Gasteiger partial charge >= 0.3 is 0 Å². The fourth-order valence-corrected chi connectivity index (χ4v) is 5.03. The van der Waals surface area contributed by atoms with Gasteiger partial charge < -0.3 is 14.6 Å². The van der Waals surface area contributed by atoms with Gasteiger partial charge in [0.15, 0.2) is 9.84 Å². The number of rotatable bonds is 3. The molecule has 0 radical (unpaired) electrons. The van der Waals surface area contributed by atoms with Gasteiger partial charge in [-0.2, -0.15) is 0 Å². The highest BCUT2D eigenvalue weighted by molar-refractivity contribution is 8.02. The summed E-state index contributed by atoms with van der Waals surface area (Å²) in [6.45, 7) is 0.741. The molecule has 8 heteroatoms. The first kappa shape index (κ1) is 16.7. The Labute approximate surface area is 161 Å². The van der Waals surface area contributed by atoms with Crippen molar-refractivity contribution in [1.82, 2.24) is 9.97 Å². The number of imidazole rings is 1. The van der Waals surface area contributed by atoms with E-state index in [0.29, 0.717) is 11.5 Å². The van der Waals surface area contributed by atoms with Gasteiger partial charge in [0.05, 0.1) is 22.5 Å². The lowest BCUT2D eigenvalue weighted by atomic mass is 10.1. The molecule has 2 aliphatic heterocycles. The van der Waals surface area contributed by atoms with E-state index in [1.54, 1.807) is 30.0 Å². The summed E-state index contributed by atoms with van der Waals surface area (Å²) in [6, 6.07) is 11.3. The molecule has 0 aliphatic carbocycles. The van der Waals surface area contributed by atoms with Crippen LogP contribution in [0.15, 0.2) is 52.9 Å². The van der Waals surface area contributed by atoms with Crippen LogP contribution in [-0.2, 0) is 16.3 Å². The van der Waals surface area contributed by atoms with Crippen molar-refractivity contribution >= 4 is 38.6 Å². The number of nitrogens with zero attached hydrogens (tertiary/aromatic N) is 2. The molecule has 0 spiro atoms. The van der Waals surface area contributed by atoms with Crippen LogP contribution >= 0.6 is 11.8 Å². The molecule has 0 amide bonds. The van der Waals surface area contributed by atoms with Crippen molar-refractivity contribution in [3.05, 3.63) is 59.1 Å². The SMILES string of the molecule is CS(=O)(=O)c1ccc2nc(N3C=CSC3c3ccc4c(c3)CCO4)[nH]c2c1. The number of hydrogen-bond donors (Lipinski definition) is 1. The van der Waals surface area contributed by atoms with Crippen LogP contribution in [0, 0.1) is 0 Å². The van der Waals surface area contributed by atoms with Gasteiger partial charge in [0.2, 0.25) is 5.95 Å². The Hall–Kier alpha value is -2.45. The molecule has 2 aromatic carbocycles. The number of sulfone groups is 1. The van der Waals surface area contributed by atoms with E-state index >= 15 is 0 Å². The Morgan fingerprint density at radius 1 is 1.26 bits per heavy atom. The van der Waals surface area contributed by atoms with E-state index in [1.807, 2.05) is 17.7 Å². The van der Waals surface area contributed by atoms with Crippen LogP contribution in [0.2, 0.25) is 0 Å². The molecule has 27 heavy (non-hydrogen) atoms. The maximum atomic E-state index is 11.8. The van der Waals surface area contributed by atoms with Crippen LogP contribution in [0.3, 0.4) is 0 Å². The summed E-state index contributed by atoms with van der Waals surface area (Å²) in [5.74, 6) is 1.66. The summed E-state index contributed by atoms with van der Waals surface area (Å²) in [7, 11) is -3.26. The first-order valence-electron chi connectivity index (χ1n) is 8.55. The van der Waals surface area contributed by atoms with E-state index < -0.39 is 9.84 Å². The van der Waals surface area contributed by atoms with E-state index in [-0.39, 0.29) is 10.3 Å². The zero-order chi connectivity index (χ0) is 18.6. The number of nitrogens with one attached hydrogen (secondary N) is 1. The zero-order valence-corrected chi connectivity index (χ0v) is 16.2. The highest BCUT2D eigenvalue weighted by atomic mass is 32.2. The van der Waals surface area contributed by atoms with Crippen LogP contribution < -0.4 is 9.64 Å². The number of fused-ring (bicyclic) bond motifs is 2. The summed E-state index contributed by atoms with van der Waals surface area (Å²) < 4.78 is 29.2. The fraction of sp³-hybridized carbons (Fsp3) is 0.211. The second kappa shape index (κ2) is 6.03. The van der Waals surface area contributed by atoms with Gasteiger partial charge in [-0.25, -0.2) is 13.4 Å². The van der Waals surface area contributed by atoms with Crippen molar-refractivity contribution in [1.29, 1.82) is 0 Å². The summed E-state index contributed by atoms with van der Waals surface area (Å²) in [6.07, 6.45) is 4.14. The van der Waals surface area contributed by atoms with Gasteiger partial charge in [0.1, 0.15) is 11.1 Å². The topological polar surface area (TPSA) is 75.3 Å². The summed E-state index contributed by atoms with van der Waals surface area (Å²) in [5, 5.41) is 2.12. The normalized spacial score (nSPS) is 18.9. The van der Waals surface area contributed by atoms with Crippen molar-refractivity contribution in [3.8, 4) is 5.75 Å². The Bertz CT molecular complexity index is 1180. The molecule has 138 valence electrons. The molecule has 6 nitrogen and oxygen atoms in total. The van der Waals surface area contributed by atoms with Crippen molar-refractivity contribution in [2.45, 2.75) is 16.7 Å². The van der Waals surface area contributed by atoms with Crippen molar-refractivity contribution < 1.29 is 13.2 Å². The number of H-pyrrole nitrogens is 1. The average Bonchev–Trinajstić information content (AvgIpc) is 3.36. The summed E-state index contributed by atoms with van der Waals surface area (Å²) in [4.78, 5) is 10.3. The molecule has 3 heterocycles. The van der Waals surface area contributed by atoms with E-state index in [0.717, 1.165) is 24.3 Å². The summed E-state index contributed by atoms with van der Waals surface area (Å²) in [5.41, 5.74) is 3.87. The number of hydrogen-bond acceptors (Lipinski definition) is 6. The lowest BCUT2D eigenvalue weighted by Gasteiger charge is -2.23. The van der Waals surface area contributed by atoms with Gasteiger partial charge in [-0.05, 0) is 46.9 Å². The lowest BCUT2D eigenvalue weighted by Crippen LogP contribution is -2.18. The van der Waals surface area contributed by atoms with Gasteiger partial charge in [-0.3, -0.25) is 0 Å². The minimum absolute atomic E-state index is 0.0749. The quantitative estimate of drug-likeness (QED) is 0.725. The van der Waals surface area contributed by atoms with Gasteiger partial charge in [0.25, 0.3) is 0 Å². The van der Waals surface area contributed by atoms with Crippen LogP contribution in [-0.4, -0.2) is 31.2 Å². The van der Waals surface area contributed by atoms with Crippen molar-refractivity contribution in [2.75, 3.05) is 17.8 Å². The third kappa shape index (κ3) is 2.89. The molecule has 0 fully saturated rings. The average molecular weight is 399 g/mol. The van der Waals surface area contributed by atoms with Crippen LogP contribution in [0.1, 0.15) is 16.5 Å². The Morgan fingerprint density at radius 2 is 2.15 bits per heavy atom. The van der Waals surface area contributed by atoms with Crippen molar-refractivity contribution in [2.24, 2.45) is 0 Å². The minimum atomic E-state index is -3.26. The third-order valence-electron chi connectivity index (χ3n) is 4.79. The first-order chi connectivity index (χ1) is 13.0. The van der Waals surface area contributed by atoms with Gasteiger partial charge in [-0.15, -0.1) is 11.8 Å². The molecule has 2 aliphatic rings. The second-order valence-electron chi connectivity index (χ2n) is 6.66. The molecule has 1 unspecified atom stereocenters. The Morgan fingerprint density at radius 3 is 3.00 bits per heavy atom. The number of thioether (sulfide) groups is 1. The second-order valence-corrected chi connectivity index (χ2v) is 9.66. The monoisotopic (exact) mass is 399 g/mol. The van der Waals surface area contributed by atoms with E-state index in [1.165, 1.54) is 17.4 Å². The lowest BCUT2D eigenvalue weighted by molar-refractivity contribution is 0.357. The van der Waals surface area contributed by atoms with Crippen molar-refractivity contribution in [3.63, 3.8) is 0 Å². The van der Waals surface area contributed by atoms with Gasteiger partial charge in [-0.1, -0.05) is 6.07 Å². The molecule has 0 saturated carbocycles. The van der Waals surface area contributed by atoms with E-state index in [9.17, 15) is 8.42 Å².